The highest BCUT2D eigenvalue weighted by molar-refractivity contribution is 5.08. The summed E-state index contributed by atoms with van der Waals surface area (Å²) in [5.41, 5.74) is 0.878. The number of rotatable bonds is 0. The van der Waals surface area contributed by atoms with Crippen molar-refractivity contribution in [3.63, 3.8) is 0 Å². The Morgan fingerprint density at radius 2 is 2.00 bits per heavy atom. The summed E-state index contributed by atoms with van der Waals surface area (Å²) in [5, 5.41) is 0. The molecule has 0 N–H and O–H groups in total. The quantitative estimate of drug-likeness (QED) is 0.498. The fourth-order valence-corrected chi connectivity index (χ4v) is 1.69. The lowest BCUT2D eigenvalue weighted by atomic mass is 9.80. The van der Waals surface area contributed by atoms with Gasteiger partial charge in [-0.2, -0.15) is 13.2 Å². The van der Waals surface area contributed by atoms with Gasteiger partial charge in [0.25, 0.3) is 0 Å². The van der Waals surface area contributed by atoms with Crippen LogP contribution in [0.3, 0.4) is 0 Å². The molecule has 12 heavy (non-hydrogen) atoms. The molecular formula is C9H13F3. The van der Waals surface area contributed by atoms with Crippen molar-refractivity contribution in [2.24, 2.45) is 11.8 Å². The molecule has 0 aromatic heterocycles. The molecule has 1 unspecified atom stereocenters. The highest BCUT2D eigenvalue weighted by atomic mass is 19.4. The van der Waals surface area contributed by atoms with Crippen molar-refractivity contribution in [2.45, 2.75) is 32.9 Å². The van der Waals surface area contributed by atoms with Crippen LogP contribution in [0.15, 0.2) is 11.6 Å². The molecule has 1 aliphatic carbocycles. The van der Waals surface area contributed by atoms with Crippen molar-refractivity contribution in [2.75, 3.05) is 0 Å². The van der Waals surface area contributed by atoms with Crippen LogP contribution < -0.4 is 0 Å². The third-order valence-corrected chi connectivity index (χ3v) is 2.69. The maximum atomic E-state index is 12.3. The zero-order valence-corrected chi connectivity index (χ0v) is 7.28. The minimum atomic E-state index is -4.02. The molecule has 1 rings (SSSR count). The van der Waals surface area contributed by atoms with E-state index in [9.17, 15) is 13.2 Å². The molecule has 0 fully saturated rings. The second-order valence-electron chi connectivity index (χ2n) is 3.46. The first-order chi connectivity index (χ1) is 5.43. The molecule has 1 aliphatic rings. The number of alkyl halides is 3. The maximum Gasteiger partial charge on any atom is 0.392 e. The van der Waals surface area contributed by atoms with E-state index < -0.39 is 12.1 Å². The van der Waals surface area contributed by atoms with Gasteiger partial charge in [0.05, 0.1) is 5.92 Å². The second kappa shape index (κ2) is 3.11. The van der Waals surface area contributed by atoms with Gasteiger partial charge in [0.2, 0.25) is 0 Å². The van der Waals surface area contributed by atoms with Crippen LogP contribution in [-0.4, -0.2) is 6.18 Å². The van der Waals surface area contributed by atoms with Gasteiger partial charge in [0.1, 0.15) is 0 Å². The van der Waals surface area contributed by atoms with Crippen LogP contribution in [0.25, 0.3) is 0 Å². The van der Waals surface area contributed by atoms with Gasteiger partial charge in [-0.3, -0.25) is 0 Å². The van der Waals surface area contributed by atoms with Crippen molar-refractivity contribution in [3.8, 4) is 0 Å². The summed E-state index contributed by atoms with van der Waals surface area (Å²) in [6.45, 7) is 3.44. The van der Waals surface area contributed by atoms with Crippen LogP contribution in [0, 0.1) is 11.8 Å². The number of hydrogen-bond donors (Lipinski definition) is 0. The highest BCUT2D eigenvalue weighted by Crippen LogP contribution is 2.41. The fraction of sp³-hybridized carbons (Fsp3) is 0.778. The van der Waals surface area contributed by atoms with E-state index in [4.69, 9.17) is 0 Å². The molecule has 0 heterocycles. The Morgan fingerprint density at radius 3 is 2.42 bits per heavy atom. The molecule has 3 heteroatoms. The lowest BCUT2D eigenvalue weighted by Gasteiger charge is -2.30. The molecular weight excluding hydrogens is 165 g/mol. The normalized spacial score (nSPS) is 31.6. The summed E-state index contributed by atoms with van der Waals surface area (Å²) >= 11 is 0. The van der Waals surface area contributed by atoms with Gasteiger partial charge in [-0.05, 0) is 25.7 Å². The average Bonchev–Trinajstić information content (AvgIpc) is 1.92. The monoisotopic (exact) mass is 178 g/mol. The summed E-state index contributed by atoms with van der Waals surface area (Å²) in [7, 11) is 0. The van der Waals surface area contributed by atoms with Gasteiger partial charge >= 0.3 is 6.18 Å². The van der Waals surface area contributed by atoms with E-state index in [1.807, 2.05) is 6.08 Å². The van der Waals surface area contributed by atoms with Crippen molar-refractivity contribution in [1.29, 1.82) is 0 Å². The first kappa shape index (κ1) is 9.62. The van der Waals surface area contributed by atoms with E-state index in [1.165, 1.54) is 0 Å². The molecule has 0 radical (unpaired) electrons. The minimum Gasteiger partial charge on any atom is -0.171 e. The first-order valence-electron chi connectivity index (χ1n) is 4.16. The van der Waals surface area contributed by atoms with Crippen LogP contribution in [-0.2, 0) is 0 Å². The Morgan fingerprint density at radius 1 is 1.42 bits per heavy atom. The van der Waals surface area contributed by atoms with E-state index >= 15 is 0 Å². The zero-order valence-electron chi connectivity index (χ0n) is 7.28. The largest absolute Gasteiger partial charge is 0.392 e. The topological polar surface area (TPSA) is 0 Å². The average molecular weight is 178 g/mol. The third kappa shape index (κ3) is 1.82. The summed E-state index contributed by atoms with van der Waals surface area (Å²) in [6.07, 6.45) is -1.29. The van der Waals surface area contributed by atoms with Gasteiger partial charge in [0, 0.05) is 0 Å². The molecule has 0 aromatic rings. The smallest absolute Gasteiger partial charge is 0.171 e. The van der Waals surface area contributed by atoms with E-state index in [-0.39, 0.29) is 12.3 Å². The predicted molar refractivity (Wildman–Crippen MR) is 41.7 cm³/mol. The molecule has 2 atom stereocenters. The zero-order chi connectivity index (χ0) is 9.35. The Kier molecular flexibility index (Phi) is 2.49. The summed E-state index contributed by atoms with van der Waals surface area (Å²) in [5.74, 6) is -1.46. The molecule has 0 aliphatic heterocycles. The van der Waals surface area contributed by atoms with E-state index in [0.29, 0.717) is 6.42 Å². The van der Waals surface area contributed by atoms with Crippen LogP contribution in [0.1, 0.15) is 26.7 Å². The minimum absolute atomic E-state index is 0.252. The molecule has 0 aromatic carbocycles. The van der Waals surface area contributed by atoms with Gasteiger partial charge in [-0.1, -0.05) is 18.6 Å². The van der Waals surface area contributed by atoms with Crippen molar-refractivity contribution in [1.82, 2.24) is 0 Å². The molecule has 0 saturated heterocycles. The Hall–Kier alpha value is -0.470. The SMILES string of the molecule is CC1=CCCC(C(F)(F)F)[C@H]1C. The van der Waals surface area contributed by atoms with Crippen LogP contribution >= 0.6 is 0 Å². The number of hydrogen-bond acceptors (Lipinski definition) is 0. The highest BCUT2D eigenvalue weighted by Gasteiger charge is 2.43. The molecule has 0 saturated carbocycles. The van der Waals surface area contributed by atoms with E-state index in [1.54, 1.807) is 13.8 Å². The predicted octanol–water partition coefficient (Wildman–Crippen LogP) is 3.54. The van der Waals surface area contributed by atoms with Crippen LogP contribution in [0.4, 0.5) is 13.2 Å². The summed E-state index contributed by atoms with van der Waals surface area (Å²) < 4.78 is 37.0. The third-order valence-electron chi connectivity index (χ3n) is 2.69. The first-order valence-corrected chi connectivity index (χ1v) is 4.16. The van der Waals surface area contributed by atoms with Gasteiger partial charge in [-0.15, -0.1) is 0 Å². The fourth-order valence-electron chi connectivity index (χ4n) is 1.69. The second-order valence-corrected chi connectivity index (χ2v) is 3.46. The lowest BCUT2D eigenvalue weighted by Crippen LogP contribution is -2.31. The molecule has 0 spiro atoms. The van der Waals surface area contributed by atoms with Crippen molar-refractivity contribution in [3.05, 3.63) is 11.6 Å². The van der Waals surface area contributed by atoms with Gasteiger partial charge in [0.15, 0.2) is 0 Å². The summed E-state index contributed by atoms with van der Waals surface area (Å²) in [4.78, 5) is 0. The van der Waals surface area contributed by atoms with Crippen LogP contribution in [0.5, 0.6) is 0 Å². The Labute approximate surface area is 70.5 Å². The number of allylic oxidation sites excluding steroid dienone is 2. The van der Waals surface area contributed by atoms with Gasteiger partial charge < -0.3 is 0 Å². The van der Waals surface area contributed by atoms with Crippen molar-refractivity contribution < 1.29 is 13.2 Å². The Bertz CT molecular complexity index is 190. The van der Waals surface area contributed by atoms with Gasteiger partial charge in [-0.25, -0.2) is 0 Å². The molecule has 0 amide bonds. The molecule has 0 nitrogen and oxygen atoms in total. The number of halogens is 3. The van der Waals surface area contributed by atoms with E-state index in [2.05, 4.69) is 0 Å². The standard InChI is InChI=1S/C9H13F3/c1-6-4-3-5-8(7(6)2)9(10,11)12/h4,7-8H,3,5H2,1-2H3/t7-,8?/m0/s1. The molecule has 0 bridgehead atoms. The Balaban J connectivity index is 2.76. The van der Waals surface area contributed by atoms with E-state index in [0.717, 1.165) is 5.57 Å². The lowest BCUT2D eigenvalue weighted by molar-refractivity contribution is -0.186. The summed E-state index contributed by atoms with van der Waals surface area (Å²) in [6, 6.07) is 0. The van der Waals surface area contributed by atoms with Crippen LogP contribution in [0.2, 0.25) is 0 Å². The van der Waals surface area contributed by atoms with Crippen molar-refractivity contribution >= 4 is 0 Å². The maximum absolute atomic E-state index is 12.3. The molecule has 70 valence electrons.